The summed E-state index contributed by atoms with van der Waals surface area (Å²) in [6.07, 6.45) is 0. The Labute approximate surface area is 135 Å². The Hall–Kier alpha value is -2.21. The molecule has 23 heavy (non-hydrogen) atoms. The molecule has 2 aromatic rings. The summed E-state index contributed by atoms with van der Waals surface area (Å²) in [5.74, 6) is -0.412. The first-order valence-corrected chi connectivity index (χ1v) is 7.80. The van der Waals surface area contributed by atoms with Crippen molar-refractivity contribution < 1.29 is 9.90 Å². The third-order valence-electron chi connectivity index (χ3n) is 4.03. The van der Waals surface area contributed by atoms with Crippen molar-refractivity contribution in [1.82, 2.24) is 15.1 Å². The Balaban J connectivity index is 2.53. The highest BCUT2D eigenvalue weighted by Gasteiger charge is 2.20. The first-order valence-electron chi connectivity index (χ1n) is 7.80. The molecule has 6 nitrogen and oxygen atoms in total. The minimum Gasteiger partial charge on any atom is -0.396 e. The van der Waals surface area contributed by atoms with Gasteiger partial charge in [0.2, 0.25) is 0 Å². The van der Waals surface area contributed by atoms with Gasteiger partial charge in [-0.25, -0.2) is 4.68 Å². The molecule has 2 rings (SSSR count). The third-order valence-corrected chi connectivity index (χ3v) is 4.03. The highest BCUT2D eigenvalue weighted by atomic mass is 16.3. The Morgan fingerprint density at radius 2 is 1.83 bits per heavy atom. The molecule has 2 atom stereocenters. The third kappa shape index (κ3) is 3.42. The number of nitrogens with one attached hydrogen (secondary N) is 1. The van der Waals surface area contributed by atoms with Crippen LogP contribution in [0.3, 0.4) is 0 Å². The number of aromatic nitrogens is 2. The van der Waals surface area contributed by atoms with Crippen molar-refractivity contribution in [3.05, 3.63) is 40.3 Å². The van der Waals surface area contributed by atoms with Crippen molar-refractivity contribution in [1.29, 1.82) is 0 Å². The molecule has 0 saturated heterocycles. The van der Waals surface area contributed by atoms with E-state index in [4.69, 9.17) is 0 Å². The molecule has 1 aromatic carbocycles. The largest absolute Gasteiger partial charge is 0.396 e. The number of fused-ring (bicyclic) bond motifs is 1. The van der Waals surface area contributed by atoms with Crippen molar-refractivity contribution >= 4 is 16.7 Å². The zero-order valence-electron chi connectivity index (χ0n) is 13.9. The number of hydrogen-bond acceptors (Lipinski definition) is 4. The number of nitrogens with zero attached hydrogens (tertiary/aromatic N) is 2. The van der Waals surface area contributed by atoms with Gasteiger partial charge in [0.15, 0.2) is 5.69 Å². The predicted octanol–water partition coefficient (Wildman–Crippen LogP) is 1.72. The van der Waals surface area contributed by atoms with Gasteiger partial charge in [0.05, 0.1) is 11.4 Å². The van der Waals surface area contributed by atoms with E-state index in [0.29, 0.717) is 10.8 Å². The van der Waals surface area contributed by atoms with Crippen LogP contribution in [0.4, 0.5) is 0 Å². The molecule has 0 aliphatic rings. The molecule has 1 heterocycles. The number of aliphatic hydroxyl groups is 1. The average molecular weight is 317 g/mol. The monoisotopic (exact) mass is 317 g/mol. The second-order valence-corrected chi connectivity index (χ2v) is 6.16. The summed E-state index contributed by atoms with van der Waals surface area (Å²) in [7, 11) is 0. The molecule has 0 aliphatic heterocycles. The zero-order chi connectivity index (χ0) is 17.1. The molecule has 124 valence electrons. The molecule has 2 N–H and O–H groups in total. The SMILES string of the molecule is CC(CO)C(C)NC(=O)c1nn(C(C)C)c(=O)c2ccccc12. The number of benzene rings is 1. The lowest BCUT2D eigenvalue weighted by molar-refractivity contribution is 0.0910. The van der Waals surface area contributed by atoms with E-state index in [0.717, 1.165) is 0 Å². The lowest BCUT2D eigenvalue weighted by Crippen LogP contribution is -2.40. The first kappa shape index (κ1) is 17.1. The standard InChI is InChI=1S/C17H23N3O3/c1-10(2)20-17(23)14-8-6-5-7-13(14)15(19-20)16(22)18-12(4)11(3)9-21/h5-8,10-12,21H,9H2,1-4H3,(H,18,22). The molecule has 1 aromatic heterocycles. The topological polar surface area (TPSA) is 84.2 Å². The van der Waals surface area contributed by atoms with E-state index < -0.39 is 0 Å². The maximum Gasteiger partial charge on any atom is 0.274 e. The number of carbonyl (C=O) groups excluding carboxylic acids is 1. The summed E-state index contributed by atoms with van der Waals surface area (Å²) in [4.78, 5) is 25.1. The van der Waals surface area contributed by atoms with E-state index in [1.807, 2.05) is 27.7 Å². The van der Waals surface area contributed by atoms with Gasteiger partial charge in [-0.15, -0.1) is 0 Å². The van der Waals surface area contributed by atoms with Gasteiger partial charge in [-0.1, -0.05) is 25.1 Å². The van der Waals surface area contributed by atoms with Crippen molar-refractivity contribution in [3.63, 3.8) is 0 Å². The molecule has 0 aliphatic carbocycles. The number of aliphatic hydroxyl groups excluding tert-OH is 1. The average Bonchev–Trinajstić information content (AvgIpc) is 2.54. The number of rotatable bonds is 5. The van der Waals surface area contributed by atoms with Crippen LogP contribution in [0.15, 0.2) is 29.1 Å². The van der Waals surface area contributed by atoms with E-state index in [1.54, 1.807) is 24.3 Å². The summed E-state index contributed by atoms with van der Waals surface area (Å²) in [5, 5.41) is 17.3. The van der Waals surface area contributed by atoms with Gasteiger partial charge >= 0.3 is 0 Å². The zero-order valence-corrected chi connectivity index (χ0v) is 13.9. The molecule has 6 heteroatoms. The number of carbonyl (C=O) groups is 1. The maximum absolute atomic E-state index is 12.6. The Kier molecular flexibility index (Phi) is 5.15. The van der Waals surface area contributed by atoms with Gasteiger partial charge < -0.3 is 10.4 Å². The number of hydrogen-bond donors (Lipinski definition) is 2. The Morgan fingerprint density at radius 1 is 1.22 bits per heavy atom. The molecular weight excluding hydrogens is 294 g/mol. The minimum absolute atomic E-state index is 0.0128. The van der Waals surface area contributed by atoms with Crippen molar-refractivity contribution in [2.75, 3.05) is 6.61 Å². The maximum atomic E-state index is 12.6. The van der Waals surface area contributed by atoms with Crippen LogP contribution in [0.2, 0.25) is 0 Å². The lowest BCUT2D eigenvalue weighted by Gasteiger charge is -2.20. The normalized spacial score (nSPS) is 14.0. The van der Waals surface area contributed by atoms with E-state index in [2.05, 4.69) is 10.4 Å². The van der Waals surface area contributed by atoms with Crippen LogP contribution in [0, 0.1) is 5.92 Å². The fraction of sp³-hybridized carbons (Fsp3) is 0.471. The van der Waals surface area contributed by atoms with Crippen molar-refractivity contribution in [3.8, 4) is 0 Å². The van der Waals surface area contributed by atoms with Crippen LogP contribution in [-0.4, -0.2) is 33.4 Å². The summed E-state index contributed by atoms with van der Waals surface area (Å²) in [6, 6.07) is 6.63. The van der Waals surface area contributed by atoms with Gasteiger partial charge in [-0.2, -0.15) is 5.10 Å². The molecular formula is C17H23N3O3. The van der Waals surface area contributed by atoms with Crippen LogP contribution in [0.25, 0.3) is 10.8 Å². The second-order valence-electron chi connectivity index (χ2n) is 6.16. The summed E-state index contributed by atoms with van der Waals surface area (Å²) >= 11 is 0. The molecule has 0 saturated carbocycles. The second kappa shape index (κ2) is 6.91. The Bertz CT molecular complexity index is 767. The molecule has 0 fully saturated rings. The highest BCUT2D eigenvalue weighted by Crippen LogP contribution is 2.15. The quantitative estimate of drug-likeness (QED) is 0.879. The van der Waals surface area contributed by atoms with Gasteiger partial charge in [0.25, 0.3) is 11.5 Å². The van der Waals surface area contributed by atoms with Crippen molar-refractivity contribution in [2.24, 2.45) is 5.92 Å². The van der Waals surface area contributed by atoms with Gasteiger partial charge in [0.1, 0.15) is 0 Å². The van der Waals surface area contributed by atoms with Crippen LogP contribution < -0.4 is 10.9 Å². The smallest absolute Gasteiger partial charge is 0.274 e. The highest BCUT2D eigenvalue weighted by molar-refractivity contribution is 6.04. The molecule has 0 bridgehead atoms. The summed E-state index contributed by atoms with van der Waals surface area (Å²) in [6.45, 7) is 7.37. The fourth-order valence-corrected chi connectivity index (χ4v) is 2.30. The lowest BCUT2D eigenvalue weighted by atomic mass is 10.0. The van der Waals surface area contributed by atoms with E-state index in [1.165, 1.54) is 4.68 Å². The summed E-state index contributed by atoms with van der Waals surface area (Å²) < 4.78 is 1.33. The summed E-state index contributed by atoms with van der Waals surface area (Å²) in [5.41, 5.74) is 0.0230. The Morgan fingerprint density at radius 3 is 2.39 bits per heavy atom. The van der Waals surface area contributed by atoms with Gasteiger partial charge in [0, 0.05) is 18.0 Å². The predicted molar refractivity (Wildman–Crippen MR) is 89.6 cm³/mol. The van der Waals surface area contributed by atoms with Crippen LogP contribution in [0.1, 0.15) is 44.2 Å². The molecule has 2 unspecified atom stereocenters. The van der Waals surface area contributed by atoms with Crippen LogP contribution in [-0.2, 0) is 0 Å². The van der Waals surface area contributed by atoms with E-state index >= 15 is 0 Å². The number of amides is 1. The van der Waals surface area contributed by atoms with Crippen LogP contribution in [0.5, 0.6) is 0 Å². The molecule has 0 spiro atoms. The first-order chi connectivity index (χ1) is 10.9. The van der Waals surface area contributed by atoms with Crippen LogP contribution >= 0.6 is 0 Å². The van der Waals surface area contributed by atoms with Crippen molar-refractivity contribution in [2.45, 2.75) is 39.8 Å². The fourth-order valence-electron chi connectivity index (χ4n) is 2.30. The molecule has 0 radical (unpaired) electrons. The van der Waals surface area contributed by atoms with E-state index in [-0.39, 0.29) is 41.8 Å². The minimum atomic E-state index is -0.344. The molecule has 1 amide bonds. The van der Waals surface area contributed by atoms with Gasteiger partial charge in [-0.3, -0.25) is 9.59 Å². The van der Waals surface area contributed by atoms with E-state index in [9.17, 15) is 14.7 Å². The van der Waals surface area contributed by atoms with Gasteiger partial charge in [-0.05, 0) is 32.8 Å².